The molecular weight excluding hydrogens is 342 g/mol. The number of imide groups is 2. The Kier molecular flexibility index (Phi) is 4.74. The lowest BCUT2D eigenvalue weighted by Gasteiger charge is -2.28. The topological polar surface area (TPSA) is 71.4 Å². The van der Waals surface area contributed by atoms with Gasteiger partial charge >= 0.3 is 6.03 Å². The Hall–Kier alpha value is -3.15. The van der Waals surface area contributed by atoms with Crippen molar-refractivity contribution >= 4 is 29.6 Å². The second-order valence-corrected chi connectivity index (χ2v) is 6.75. The van der Waals surface area contributed by atoms with Gasteiger partial charge in [-0.2, -0.15) is 0 Å². The SMILES string of the molecule is CCn1c(C)cc(/C=C2\C(=O)NC(=O)N(c3cccc(C)c3C)C2=O)c1C. The van der Waals surface area contributed by atoms with Gasteiger partial charge in [-0.15, -0.1) is 0 Å². The lowest BCUT2D eigenvalue weighted by atomic mass is 10.0. The van der Waals surface area contributed by atoms with Gasteiger partial charge in [0.2, 0.25) is 0 Å². The summed E-state index contributed by atoms with van der Waals surface area (Å²) >= 11 is 0. The Labute approximate surface area is 158 Å². The number of aromatic nitrogens is 1. The minimum absolute atomic E-state index is 0.0492. The van der Waals surface area contributed by atoms with Gasteiger partial charge < -0.3 is 4.57 Å². The summed E-state index contributed by atoms with van der Waals surface area (Å²) in [5.74, 6) is -1.29. The highest BCUT2D eigenvalue weighted by molar-refractivity contribution is 6.39. The van der Waals surface area contributed by atoms with Crippen LogP contribution in [-0.2, 0) is 16.1 Å². The number of urea groups is 1. The predicted molar refractivity (Wildman–Crippen MR) is 104 cm³/mol. The molecular formula is C21H23N3O3. The van der Waals surface area contributed by atoms with Crippen molar-refractivity contribution in [2.24, 2.45) is 0 Å². The van der Waals surface area contributed by atoms with Crippen molar-refractivity contribution in [2.75, 3.05) is 4.90 Å². The first-order valence-corrected chi connectivity index (χ1v) is 8.90. The zero-order chi connectivity index (χ0) is 19.9. The first kappa shape index (κ1) is 18.6. The van der Waals surface area contributed by atoms with Crippen molar-refractivity contribution in [1.82, 2.24) is 9.88 Å². The number of hydrogen-bond donors (Lipinski definition) is 1. The molecule has 6 heteroatoms. The van der Waals surface area contributed by atoms with Crippen LogP contribution in [0.25, 0.3) is 6.08 Å². The number of hydrogen-bond acceptors (Lipinski definition) is 3. The van der Waals surface area contributed by atoms with Gasteiger partial charge in [0, 0.05) is 17.9 Å². The number of aryl methyl sites for hydroxylation is 2. The van der Waals surface area contributed by atoms with Gasteiger partial charge in [0.25, 0.3) is 11.8 Å². The molecule has 0 bridgehead atoms. The van der Waals surface area contributed by atoms with Crippen molar-refractivity contribution in [3.8, 4) is 0 Å². The van der Waals surface area contributed by atoms with E-state index in [1.165, 1.54) is 0 Å². The van der Waals surface area contributed by atoms with Crippen molar-refractivity contribution in [3.63, 3.8) is 0 Å². The fraction of sp³-hybridized carbons (Fsp3) is 0.286. The van der Waals surface area contributed by atoms with E-state index in [9.17, 15) is 14.4 Å². The van der Waals surface area contributed by atoms with Crippen molar-refractivity contribution in [3.05, 3.63) is 57.9 Å². The zero-order valence-corrected chi connectivity index (χ0v) is 16.2. The van der Waals surface area contributed by atoms with Crippen LogP contribution in [0.4, 0.5) is 10.5 Å². The average Bonchev–Trinajstić information content (AvgIpc) is 2.88. The van der Waals surface area contributed by atoms with Gasteiger partial charge in [0.1, 0.15) is 5.57 Å². The number of carbonyl (C=O) groups excluding carboxylic acids is 3. The molecule has 1 N–H and O–H groups in total. The van der Waals surface area contributed by atoms with Gasteiger partial charge in [0.05, 0.1) is 5.69 Å². The van der Waals surface area contributed by atoms with Gasteiger partial charge in [0.15, 0.2) is 0 Å². The maximum atomic E-state index is 13.1. The highest BCUT2D eigenvalue weighted by Crippen LogP contribution is 2.27. The monoisotopic (exact) mass is 365 g/mol. The van der Waals surface area contributed by atoms with Crippen LogP contribution in [0.3, 0.4) is 0 Å². The number of anilines is 1. The molecule has 0 aliphatic carbocycles. The molecule has 1 aromatic heterocycles. The van der Waals surface area contributed by atoms with E-state index in [4.69, 9.17) is 0 Å². The third kappa shape index (κ3) is 3.07. The second kappa shape index (κ2) is 6.87. The molecule has 0 radical (unpaired) electrons. The summed E-state index contributed by atoms with van der Waals surface area (Å²) in [6.07, 6.45) is 1.57. The molecule has 1 fully saturated rings. The molecule has 2 aromatic rings. The van der Waals surface area contributed by atoms with E-state index in [0.717, 1.165) is 39.5 Å². The van der Waals surface area contributed by atoms with Gasteiger partial charge in [-0.05, 0) is 69.5 Å². The Morgan fingerprint density at radius 2 is 1.78 bits per heavy atom. The molecule has 0 atom stereocenters. The Balaban J connectivity index is 2.09. The maximum absolute atomic E-state index is 13.1. The summed E-state index contributed by atoms with van der Waals surface area (Å²) in [7, 11) is 0. The maximum Gasteiger partial charge on any atom is 0.335 e. The minimum atomic E-state index is -0.727. The van der Waals surface area contributed by atoms with Crippen LogP contribution >= 0.6 is 0 Å². The van der Waals surface area contributed by atoms with Crippen LogP contribution in [0.1, 0.15) is 35.0 Å². The van der Waals surface area contributed by atoms with E-state index in [2.05, 4.69) is 9.88 Å². The van der Waals surface area contributed by atoms with Crippen LogP contribution in [0.5, 0.6) is 0 Å². The van der Waals surface area contributed by atoms with Gasteiger partial charge in [-0.1, -0.05) is 12.1 Å². The Morgan fingerprint density at radius 3 is 2.41 bits per heavy atom. The molecule has 0 unspecified atom stereocenters. The molecule has 1 aliphatic heterocycles. The van der Waals surface area contributed by atoms with Crippen LogP contribution in [-0.4, -0.2) is 22.4 Å². The summed E-state index contributed by atoms with van der Waals surface area (Å²) in [4.78, 5) is 38.8. The van der Waals surface area contributed by atoms with Gasteiger partial charge in [-0.25, -0.2) is 9.69 Å². The Morgan fingerprint density at radius 1 is 1.07 bits per heavy atom. The molecule has 1 saturated heterocycles. The number of benzene rings is 1. The van der Waals surface area contributed by atoms with Gasteiger partial charge in [-0.3, -0.25) is 14.9 Å². The number of rotatable bonds is 3. The third-order valence-corrected chi connectivity index (χ3v) is 5.15. The standard InChI is InChI=1S/C21H23N3O3/c1-6-23-13(3)10-16(15(23)5)11-17-19(25)22-21(27)24(20(17)26)18-9-7-8-12(2)14(18)4/h7-11H,6H2,1-5H3,(H,22,25,27)/b17-11+. The fourth-order valence-electron chi connectivity index (χ4n) is 3.47. The lowest BCUT2D eigenvalue weighted by Crippen LogP contribution is -2.54. The quantitative estimate of drug-likeness (QED) is 0.669. The molecule has 0 saturated carbocycles. The average molecular weight is 365 g/mol. The first-order chi connectivity index (χ1) is 12.8. The molecule has 0 spiro atoms. The van der Waals surface area contributed by atoms with E-state index in [1.807, 2.05) is 46.8 Å². The summed E-state index contributed by atoms with van der Waals surface area (Å²) < 4.78 is 2.10. The van der Waals surface area contributed by atoms with Crippen LogP contribution < -0.4 is 10.2 Å². The molecule has 1 aromatic carbocycles. The number of nitrogens with zero attached hydrogens (tertiary/aromatic N) is 2. The fourth-order valence-corrected chi connectivity index (χ4v) is 3.47. The number of nitrogens with one attached hydrogen (secondary N) is 1. The second-order valence-electron chi connectivity index (χ2n) is 6.75. The molecule has 27 heavy (non-hydrogen) atoms. The number of barbiturate groups is 1. The normalized spacial score (nSPS) is 16.3. The molecule has 4 amide bonds. The number of amides is 4. The van der Waals surface area contributed by atoms with E-state index in [1.54, 1.807) is 18.2 Å². The smallest absolute Gasteiger partial charge is 0.335 e. The summed E-state index contributed by atoms with van der Waals surface area (Å²) in [5, 5.41) is 2.28. The van der Waals surface area contributed by atoms with E-state index in [-0.39, 0.29) is 5.57 Å². The van der Waals surface area contributed by atoms with E-state index >= 15 is 0 Å². The predicted octanol–water partition coefficient (Wildman–Crippen LogP) is 3.41. The number of carbonyl (C=O) groups is 3. The van der Waals surface area contributed by atoms with Crippen LogP contribution in [0.2, 0.25) is 0 Å². The highest BCUT2D eigenvalue weighted by Gasteiger charge is 2.37. The minimum Gasteiger partial charge on any atom is -0.349 e. The summed E-state index contributed by atoms with van der Waals surface area (Å²) in [6, 6.07) is 6.61. The summed E-state index contributed by atoms with van der Waals surface area (Å²) in [5.41, 5.74) is 5.03. The van der Waals surface area contributed by atoms with Crippen LogP contribution in [0, 0.1) is 27.7 Å². The van der Waals surface area contributed by atoms with Crippen molar-refractivity contribution < 1.29 is 14.4 Å². The zero-order valence-electron chi connectivity index (χ0n) is 16.2. The van der Waals surface area contributed by atoms with Crippen molar-refractivity contribution in [2.45, 2.75) is 41.2 Å². The molecule has 3 rings (SSSR count). The van der Waals surface area contributed by atoms with E-state index < -0.39 is 17.8 Å². The molecule has 140 valence electrons. The molecule has 1 aliphatic rings. The van der Waals surface area contributed by atoms with Crippen LogP contribution in [0.15, 0.2) is 29.8 Å². The highest BCUT2D eigenvalue weighted by atomic mass is 16.2. The van der Waals surface area contributed by atoms with Crippen molar-refractivity contribution in [1.29, 1.82) is 0 Å². The van der Waals surface area contributed by atoms with E-state index in [0.29, 0.717) is 5.69 Å². The first-order valence-electron chi connectivity index (χ1n) is 8.90. The third-order valence-electron chi connectivity index (χ3n) is 5.15. The largest absolute Gasteiger partial charge is 0.349 e. The molecule has 2 heterocycles. The lowest BCUT2D eigenvalue weighted by molar-refractivity contribution is -0.122. The molecule has 6 nitrogen and oxygen atoms in total. The summed E-state index contributed by atoms with van der Waals surface area (Å²) in [6.45, 7) is 10.5. The Bertz CT molecular complexity index is 998.